The summed E-state index contributed by atoms with van der Waals surface area (Å²) in [5.41, 5.74) is 1.56. The second kappa shape index (κ2) is 4.94. The van der Waals surface area contributed by atoms with Crippen molar-refractivity contribution in [2.45, 2.75) is 13.5 Å². The molecule has 0 amide bonds. The normalized spacial score (nSPS) is 10.6. The molecule has 17 heavy (non-hydrogen) atoms. The zero-order valence-electron chi connectivity index (χ0n) is 9.54. The quantitative estimate of drug-likeness (QED) is 0.933. The summed E-state index contributed by atoms with van der Waals surface area (Å²) in [6, 6.07) is 3.64. The van der Waals surface area contributed by atoms with Crippen LogP contribution in [0.1, 0.15) is 11.4 Å². The third-order valence-electron chi connectivity index (χ3n) is 2.37. The van der Waals surface area contributed by atoms with Crippen LogP contribution in [0, 0.1) is 6.92 Å². The first-order valence-corrected chi connectivity index (χ1v) is 5.88. The fraction of sp³-hybridized carbons (Fsp3) is 0.273. The van der Waals surface area contributed by atoms with Crippen LogP contribution in [0.15, 0.2) is 18.3 Å². The van der Waals surface area contributed by atoms with Gasteiger partial charge in [-0.05, 0) is 19.1 Å². The van der Waals surface area contributed by atoms with Crippen molar-refractivity contribution < 1.29 is 0 Å². The molecule has 0 aliphatic heterocycles. The smallest absolute Gasteiger partial charge is 0.126 e. The van der Waals surface area contributed by atoms with Gasteiger partial charge < -0.3 is 5.32 Å². The summed E-state index contributed by atoms with van der Waals surface area (Å²) in [4.78, 5) is 4.38. The van der Waals surface area contributed by atoms with Gasteiger partial charge in [0.05, 0.1) is 28.0 Å². The highest BCUT2D eigenvalue weighted by Gasteiger charge is 2.07. The molecule has 2 aromatic heterocycles. The zero-order chi connectivity index (χ0) is 12.4. The Hall–Kier alpha value is -1.26. The SMILES string of the molecule is CNc1ccc(Cl)c(Cn2cc(Cl)c(C)n2)n1. The molecule has 0 fully saturated rings. The predicted molar refractivity (Wildman–Crippen MR) is 69.9 cm³/mol. The van der Waals surface area contributed by atoms with Crippen molar-refractivity contribution in [1.29, 1.82) is 0 Å². The number of aromatic nitrogens is 3. The van der Waals surface area contributed by atoms with Gasteiger partial charge in [-0.15, -0.1) is 0 Å². The number of halogens is 2. The van der Waals surface area contributed by atoms with Crippen molar-refractivity contribution in [3.05, 3.63) is 39.8 Å². The summed E-state index contributed by atoms with van der Waals surface area (Å²) in [5.74, 6) is 0.777. The molecule has 90 valence electrons. The number of nitrogens with zero attached hydrogens (tertiary/aromatic N) is 3. The topological polar surface area (TPSA) is 42.7 Å². The van der Waals surface area contributed by atoms with Crippen molar-refractivity contribution in [2.75, 3.05) is 12.4 Å². The lowest BCUT2D eigenvalue weighted by molar-refractivity contribution is 0.667. The minimum absolute atomic E-state index is 0.502. The molecule has 0 aromatic carbocycles. The lowest BCUT2D eigenvalue weighted by Gasteiger charge is -2.06. The predicted octanol–water partition coefficient (Wildman–Crippen LogP) is 2.98. The number of pyridine rings is 1. The van der Waals surface area contributed by atoms with E-state index < -0.39 is 0 Å². The Morgan fingerprint density at radius 1 is 1.29 bits per heavy atom. The van der Waals surface area contributed by atoms with Crippen LogP contribution in [0.4, 0.5) is 5.82 Å². The maximum atomic E-state index is 6.09. The Balaban J connectivity index is 2.28. The maximum absolute atomic E-state index is 6.09. The lowest BCUT2D eigenvalue weighted by Crippen LogP contribution is -2.05. The summed E-state index contributed by atoms with van der Waals surface area (Å²) in [6.45, 7) is 2.36. The first-order valence-electron chi connectivity index (χ1n) is 5.13. The van der Waals surface area contributed by atoms with E-state index in [1.807, 2.05) is 26.1 Å². The van der Waals surface area contributed by atoms with Crippen LogP contribution in [-0.2, 0) is 6.54 Å². The minimum Gasteiger partial charge on any atom is -0.373 e. The molecule has 0 aliphatic carbocycles. The number of rotatable bonds is 3. The molecule has 6 heteroatoms. The average molecular weight is 271 g/mol. The molecule has 2 heterocycles. The van der Waals surface area contributed by atoms with E-state index in [4.69, 9.17) is 23.2 Å². The summed E-state index contributed by atoms with van der Waals surface area (Å²) in [6.07, 6.45) is 1.76. The number of aryl methyl sites for hydroxylation is 1. The molecule has 1 N–H and O–H groups in total. The number of anilines is 1. The largest absolute Gasteiger partial charge is 0.373 e. The van der Waals surface area contributed by atoms with E-state index in [1.165, 1.54) is 0 Å². The molecule has 2 rings (SSSR count). The van der Waals surface area contributed by atoms with Gasteiger partial charge in [-0.1, -0.05) is 23.2 Å². The van der Waals surface area contributed by atoms with Crippen LogP contribution < -0.4 is 5.32 Å². The second-order valence-electron chi connectivity index (χ2n) is 3.64. The summed E-state index contributed by atoms with van der Waals surface area (Å²) < 4.78 is 1.73. The molecular weight excluding hydrogens is 259 g/mol. The van der Waals surface area contributed by atoms with E-state index in [1.54, 1.807) is 10.9 Å². The molecule has 4 nitrogen and oxygen atoms in total. The van der Waals surface area contributed by atoms with Gasteiger partial charge in [0.2, 0.25) is 0 Å². The highest BCUT2D eigenvalue weighted by atomic mass is 35.5. The lowest BCUT2D eigenvalue weighted by atomic mass is 10.3. The summed E-state index contributed by atoms with van der Waals surface area (Å²) in [5, 5.41) is 8.50. The maximum Gasteiger partial charge on any atom is 0.126 e. The van der Waals surface area contributed by atoms with Gasteiger partial charge in [0.25, 0.3) is 0 Å². The third kappa shape index (κ3) is 2.70. The zero-order valence-corrected chi connectivity index (χ0v) is 11.0. The molecule has 2 aromatic rings. The highest BCUT2D eigenvalue weighted by Crippen LogP contribution is 2.19. The Morgan fingerprint density at radius 3 is 2.65 bits per heavy atom. The van der Waals surface area contributed by atoms with Crippen molar-refractivity contribution in [3.8, 4) is 0 Å². The van der Waals surface area contributed by atoms with Gasteiger partial charge in [-0.2, -0.15) is 5.10 Å². The molecule has 0 unspecified atom stereocenters. The Kier molecular flexibility index (Phi) is 3.54. The molecule has 0 saturated heterocycles. The molecule has 0 atom stereocenters. The monoisotopic (exact) mass is 270 g/mol. The van der Waals surface area contributed by atoms with E-state index in [-0.39, 0.29) is 0 Å². The van der Waals surface area contributed by atoms with E-state index in [0.717, 1.165) is 17.2 Å². The van der Waals surface area contributed by atoms with E-state index in [0.29, 0.717) is 16.6 Å². The Bertz CT molecular complexity index is 517. The fourth-order valence-electron chi connectivity index (χ4n) is 1.46. The Morgan fingerprint density at radius 2 is 2.06 bits per heavy atom. The van der Waals surface area contributed by atoms with Crippen molar-refractivity contribution >= 4 is 29.0 Å². The number of hydrogen-bond acceptors (Lipinski definition) is 3. The van der Waals surface area contributed by atoms with Gasteiger partial charge in [0, 0.05) is 13.2 Å². The van der Waals surface area contributed by atoms with Crippen LogP contribution in [0.5, 0.6) is 0 Å². The number of nitrogens with one attached hydrogen (secondary N) is 1. The van der Waals surface area contributed by atoms with E-state index >= 15 is 0 Å². The van der Waals surface area contributed by atoms with Crippen molar-refractivity contribution in [2.24, 2.45) is 0 Å². The van der Waals surface area contributed by atoms with Crippen LogP contribution in [0.3, 0.4) is 0 Å². The second-order valence-corrected chi connectivity index (χ2v) is 4.45. The van der Waals surface area contributed by atoms with Gasteiger partial charge in [-0.25, -0.2) is 4.98 Å². The standard InChI is InChI=1S/C11H12Cl2N4/c1-7-9(13)5-17(16-7)6-10-8(12)3-4-11(14-2)15-10/h3-5H,6H2,1-2H3,(H,14,15). The molecule has 0 spiro atoms. The van der Waals surface area contributed by atoms with Gasteiger partial charge in [0.15, 0.2) is 0 Å². The number of hydrogen-bond donors (Lipinski definition) is 1. The molecule has 0 saturated carbocycles. The molecular formula is C11H12Cl2N4. The van der Waals surface area contributed by atoms with Gasteiger partial charge >= 0.3 is 0 Å². The van der Waals surface area contributed by atoms with Crippen LogP contribution >= 0.6 is 23.2 Å². The minimum atomic E-state index is 0.502. The highest BCUT2D eigenvalue weighted by molar-refractivity contribution is 6.31. The molecule has 0 radical (unpaired) electrons. The molecule has 0 aliphatic rings. The van der Waals surface area contributed by atoms with Crippen LogP contribution in [-0.4, -0.2) is 21.8 Å². The average Bonchev–Trinajstić information content (AvgIpc) is 2.61. The first-order chi connectivity index (χ1) is 8.10. The van der Waals surface area contributed by atoms with Crippen LogP contribution in [0.25, 0.3) is 0 Å². The van der Waals surface area contributed by atoms with E-state index in [9.17, 15) is 0 Å². The van der Waals surface area contributed by atoms with Crippen molar-refractivity contribution in [3.63, 3.8) is 0 Å². The van der Waals surface area contributed by atoms with Gasteiger partial charge in [-0.3, -0.25) is 4.68 Å². The van der Waals surface area contributed by atoms with E-state index in [2.05, 4.69) is 15.4 Å². The van der Waals surface area contributed by atoms with Crippen LogP contribution in [0.2, 0.25) is 10.0 Å². The summed E-state index contributed by atoms with van der Waals surface area (Å²) in [7, 11) is 1.81. The third-order valence-corrected chi connectivity index (χ3v) is 3.09. The Labute approximate surface area is 110 Å². The summed E-state index contributed by atoms with van der Waals surface area (Å²) >= 11 is 12.0. The first kappa shape index (κ1) is 12.2. The van der Waals surface area contributed by atoms with Gasteiger partial charge in [0.1, 0.15) is 5.82 Å². The molecule has 0 bridgehead atoms. The fourth-order valence-corrected chi connectivity index (χ4v) is 1.78. The van der Waals surface area contributed by atoms with Crippen molar-refractivity contribution in [1.82, 2.24) is 14.8 Å².